The largest absolute Gasteiger partial charge is 0.495 e. The number of hydrogen-bond acceptors (Lipinski definition) is 4. The van der Waals surface area contributed by atoms with Crippen LogP contribution in [-0.2, 0) is 11.2 Å². The number of halogens is 2. The first-order valence-corrected chi connectivity index (χ1v) is 7.78. The second kappa shape index (κ2) is 7.36. The number of aromatic nitrogens is 1. The Labute approximate surface area is 148 Å². The van der Waals surface area contributed by atoms with Gasteiger partial charge in [-0.15, -0.1) is 0 Å². The van der Waals surface area contributed by atoms with Crippen molar-refractivity contribution in [3.63, 3.8) is 0 Å². The first-order chi connectivity index (χ1) is 12.1. The van der Waals surface area contributed by atoms with Crippen molar-refractivity contribution in [2.24, 2.45) is 0 Å². The lowest BCUT2D eigenvalue weighted by molar-refractivity contribution is -0.115. The molecule has 0 spiro atoms. The molecule has 0 bridgehead atoms. The van der Waals surface area contributed by atoms with Crippen LogP contribution in [-0.4, -0.2) is 18.2 Å². The molecule has 0 aliphatic heterocycles. The first kappa shape index (κ1) is 17.0. The average molecular weight is 361 g/mol. The van der Waals surface area contributed by atoms with Gasteiger partial charge in [-0.2, -0.15) is 0 Å². The van der Waals surface area contributed by atoms with Crippen LogP contribution in [0.1, 0.15) is 5.69 Å². The number of carbonyl (C=O) groups is 1. The van der Waals surface area contributed by atoms with Crippen LogP contribution in [0.3, 0.4) is 0 Å². The van der Waals surface area contributed by atoms with Crippen LogP contribution in [0.5, 0.6) is 5.75 Å². The van der Waals surface area contributed by atoms with E-state index in [9.17, 15) is 9.18 Å². The maximum Gasteiger partial charge on any atom is 0.230 e. The van der Waals surface area contributed by atoms with Crippen LogP contribution in [0.15, 0.2) is 53.1 Å². The minimum Gasteiger partial charge on any atom is -0.495 e. The van der Waals surface area contributed by atoms with Gasteiger partial charge in [-0.05, 0) is 30.3 Å². The Morgan fingerprint density at radius 3 is 2.84 bits per heavy atom. The van der Waals surface area contributed by atoms with Crippen LogP contribution >= 0.6 is 11.6 Å². The fraction of sp³-hybridized carbons (Fsp3) is 0.111. The highest BCUT2D eigenvalue weighted by atomic mass is 35.5. The lowest BCUT2D eigenvalue weighted by Gasteiger charge is -2.09. The van der Waals surface area contributed by atoms with Gasteiger partial charge in [0.05, 0.1) is 30.5 Å². The van der Waals surface area contributed by atoms with E-state index in [0.717, 1.165) is 0 Å². The van der Waals surface area contributed by atoms with Crippen molar-refractivity contribution in [1.29, 1.82) is 0 Å². The van der Waals surface area contributed by atoms with Gasteiger partial charge < -0.3 is 14.6 Å². The average Bonchev–Trinajstić information content (AvgIpc) is 3.03. The zero-order valence-electron chi connectivity index (χ0n) is 13.3. The molecule has 2 aromatic carbocycles. The molecule has 0 saturated carbocycles. The highest BCUT2D eigenvalue weighted by Gasteiger charge is 2.14. The van der Waals surface area contributed by atoms with Gasteiger partial charge in [-0.3, -0.25) is 4.79 Å². The number of anilines is 1. The maximum absolute atomic E-state index is 13.8. The molecule has 0 unspecified atom stereocenters. The van der Waals surface area contributed by atoms with Gasteiger partial charge in [0.2, 0.25) is 5.91 Å². The van der Waals surface area contributed by atoms with Gasteiger partial charge in [0.25, 0.3) is 0 Å². The molecule has 7 heteroatoms. The van der Waals surface area contributed by atoms with E-state index in [1.807, 2.05) is 0 Å². The summed E-state index contributed by atoms with van der Waals surface area (Å²) in [5, 5.41) is 6.99. The molecule has 0 fully saturated rings. The van der Waals surface area contributed by atoms with Gasteiger partial charge in [-0.1, -0.05) is 28.9 Å². The van der Waals surface area contributed by atoms with Crippen LogP contribution in [0.2, 0.25) is 5.02 Å². The summed E-state index contributed by atoms with van der Waals surface area (Å²) in [6, 6.07) is 12.6. The fourth-order valence-electron chi connectivity index (χ4n) is 2.32. The van der Waals surface area contributed by atoms with Crippen LogP contribution in [0.4, 0.5) is 10.1 Å². The van der Waals surface area contributed by atoms with Gasteiger partial charge in [0.15, 0.2) is 5.76 Å². The standard InChI is InChI=1S/C18H14ClFN2O3/c1-24-16-7-6-11(19)8-15(16)21-18(23)10-12-9-17(25-22-12)13-4-2-3-5-14(13)20/h2-9H,10H2,1H3,(H,21,23). The number of nitrogens with one attached hydrogen (secondary N) is 1. The summed E-state index contributed by atoms with van der Waals surface area (Å²) in [4.78, 5) is 12.2. The summed E-state index contributed by atoms with van der Waals surface area (Å²) >= 11 is 5.93. The van der Waals surface area contributed by atoms with E-state index in [2.05, 4.69) is 10.5 Å². The van der Waals surface area contributed by atoms with Crippen molar-refractivity contribution in [2.45, 2.75) is 6.42 Å². The quantitative estimate of drug-likeness (QED) is 0.735. The van der Waals surface area contributed by atoms with E-state index in [4.69, 9.17) is 20.9 Å². The number of ether oxygens (including phenoxy) is 1. The van der Waals surface area contributed by atoms with Gasteiger partial charge >= 0.3 is 0 Å². The second-order valence-corrected chi connectivity index (χ2v) is 5.67. The Bertz CT molecular complexity index is 911. The third kappa shape index (κ3) is 3.97. The molecule has 0 radical (unpaired) electrons. The molecule has 25 heavy (non-hydrogen) atoms. The Hall–Kier alpha value is -2.86. The molecule has 0 aliphatic carbocycles. The smallest absolute Gasteiger partial charge is 0.230 e. The molecule has 1 N–H and O–H groups in total. The lowest BCUT2D eigenvalue weighted by atomic mass is 10.1. The molecule has 3 aromatic rings. The van der Waals surface area contributed by atoms with Gasteiger partial charge in [0.1, 0.15) is 11.6 Å². The Morgan fingerprint density at radius 2 is 2.08 bits per heavy atom. The summed E-state index contributed by atoms with van der Waals surface area (Å²) in [7, 11) is 1.50. The molecular formula is C18H14ClFN2O3. The highest BCUT2D eigenvalue weighted by Crippen LogP contribution is 2.28. The number of nitrogens with zero attached hydrogens (tertiary/aromatic N) is 1. The first-order valence-electron chi connectivity index (χ1n) is 7.40. The lowest BCUT2D eigenvalue weighted by Crippen LogP contribution is -2.15. The van der Waals surface area contributed by atoms with E-state index >= 15 is 0 Å². The molecule has 1 amide bonds. The maximum atomic E-state index is 13.8. The molecule has 5 nitrogen and oxygen atoms in total. The summed E-state index contributed by atoms with van der Waals surface area (Å²) < 4.78 is 24.1. The van der Waals surface area contributed by atoms with Crippen LogP contribution in [0, 0.1) is 5.82 Å². The van der Waals surface area contributed by atoms with E-state index in [1.165, 1.54) is 19.2 Å². The van der Waals surface area contributed by atoms with Crippen molar-refractivity contribution in [3.05, 3.63) is 65.1 Å². The zero-order chi connectivity index (χ0) is 17.8. The van der Waals surface area contributed by atoms with Crippen molar-refractivity contribution in [1.82, 2.24) is 5.16 Å². The minimum atomic E-state index is -0.418. The predicted octanol–water partition coefficient (Wildman–Crippen LogP) is 4.32. The van der Waals surface area contributed by atoms with E-state index < -0.39 is 5.82 Å². The normalized spacial score (nSPS) is 10.5. The SMILES string of the molecule is COc1ccc(Cl)cc1NC(=O)Cc1cc(-c2ccccc2F)on1. The third-order valence-corrected chi connectivity index (χ3v) is 3.71. The number of carbonyl (C=O) groups excluding carboxylic acids is 1. The van der Waals surface area contributed by atoms with Crippen LogP contribution < -0.4 is 10.1 Å². The fourth-order valence-corrected chi connectivity index (χ4v) is 2.49. The summed E-state index contributed by atoms with van der Waals surface area (Å²) in [5.74, 6) is 0.0125. The van der Waals surface area contributed by atoms with Crippen molar-refractivity contribution in [3.8, 4) is 17.1 Å². The Morgan fingerprint density at radius 1 is 1.28 bits per heavy atom. The van der Waals surface area contributed by atoms with Crippen molar-refractivity contribution >= 4 is 23.2 Å². The third-order valence-electron chi connectivity index (χ3n) is 3.48. The number of amides is 1. The van der Waals surface area contributed by atoms with Crippen molar-refractivity contribution in [2.75, 3.05) is 12.4 Å². The number of hydrogen-bond donors (Lipinski definition) is 1. The summed E-state index contributed by atoms with van der Waals surface area (Å²) in [6.45, 7) is 0. The molecule has 0 aliphatic rings. The number of benzene rings is 2. The zero-order valence-corrected chi connectivity index (χ0v) is 14.0. The molecule has 0 saturated heterocycles. The Balaban J connectivity index is 1.72. The molecular weight excluding hydrogens is 347 g/mol. The Kier molecular flexibility index (Phi) is 5.00. The minimum absolute atomic E-state index is 0.0341. The predicted molar refractivity (Wildman–Crippen MR) is 92.2 cm³/mol. The van der Waals surface area contributed by atoms with E-state index in [0.29, 0.717) is 22.2 Å². The molecule has 1 heterocycles. The van der Waals surface area contributed by atoms with E-state index in [-0.39, 0.29) is 23.7 Å². The van der Waals surface area contributed by atoms with Crippen molar-refractivity contribution < 1.29 is 18.4 Å². The highest BCUT2D eigenvalue weighted by molar-refractivity contribution is 6.31. The number of rotatable bonds is 5. The molecule has 1 aromatic heterocycles. The molecule has 128 valence electrons. The van der Waals surface area contributed by atoms with Gasteiger partial charge in [-0.25, -0.2) is 4.39 Å². The van der Waals surface area contributed by atoms with Crippen LogP contribution in [0.25, 0.3) is 11.3 Å². The van der Waals surface area contributed by atoms with Gasteiger partial charge in [0, 0.05) is 11.1 Å². The summed E-state index contributed by atoms with van der Waals surface area (Å²) in [5.41, 5.74) is 1.13. The molecule has 0 atom stereocenters. The topological polar surface area (TPSA) is 64.4 Å². The second-order valence-electron chi connectivity index (χ2n) is 5.23. The number of methoxy groups -OCH3 is 1. The molecule has 3 rings (SSSR count). The monoisotopic (exact) mass is 360 g/mol. The summed E-state index contributed by atoms with van der Waals surface area (Å²) in [6.07, 6.45) is -0.0341. The van der Waals surface area contributed by atoms with E-state index in [1.54, 1.807) is 36.4 Å².